The van der Waals surface area contributed by atoms with Crippen LogP contribution in [0.15, 0.2) is 41.3 Å². The standard InChI is InChI=1S/C11H7ClN2O3/c12-7-1-3-8(4-2-7)14-6-5-9(15)10(13-14)11(16)17/h1-6H,(H,16,17)/p-1. The number of aromatic carboxylic acids is 1. The average Bonchev–Trinajstić information content (AvgIpc) is 2.30. The molecule has 0 aliphatic carbocycles. The summed E-state index contributed by atoms with van der Waals surface area (Å²) in [7, 11) is 0. The van der Waals surface area contributed by atoms with Crippen molar-refractivity contribution in [2.75, 3.05) is 0 Å². The molecule has 0 N–H and O–H groups in total. The molecule has 0 fully saturated rings. The predicted octanol–water partition coefficient (Wildman–Crippen LogP) is 0.249. The van der Waals surface area contributed by atoms with Crippen LogP contribution in [0, 0.1) is 0 Å². The maximum absolute atomic E-state index is 11.2. The molecule has 5 nitrogen and oxygen atoms in total. The van der Waals surface area contributed by atoms with E-state index in [-0.39, 0.29) is 0 Å². The third kappa shape index (κ3) is 2.34. The molecule has 2 aromatic rings. The first-order valence-corrected chi connectivity index (χ1v) is 5.03. The zero-order valence-corrected chi connectivity index (χ0v) is 9.22. The monoisotopic (exact) mass is 249 g/mol. The summed E-state index contributed by atoms with van der Waals surface area (Å²) in [5, 5.41) is 14.9. The van der Waals surface area contributed by atoms with E-state index >= 15 is 0 Å². The van der Waals surface area contributed by atoms with Crippen LogP contribution in [0.3, 0.4) is 0 Å². The van der Waals surface area contributed by atoms with Crippen molar-refractivity contribution in [1.82, 2.24) is 9.78 Å². The van der Waals surface area contributed by atoms with E-state index in [0.717, 1.165) is 6.07 Å². The molecule has 17 heavy (non-hydrogen) atoms. The van der Waals surface area contributed by atoms with Gasteiger partial charge in [0.15, 0.2) is 5.69 Å². The number of hydrogen-bond acceptors (Lipinski definition) is 4. The van der Waals surface area contributed by atoms with E-state index in [1.165, 1.54) is 10.9 Å². The summed E-state index contributed by atoms with van der Waals surface area (Å²) in [4.78, 5) is 21.8. The number of nitrogens with zero attached hydrogens (tertiary/aromatic N) is 2. The molecule has 0 saturated carbocycles. The first-order valence-electron chi connectivity index (χ1n) is 4.65. The van der Waals surface area contributed by atoms with Gasteiger partial charge in [0.25, 0.3) is 0 Å². The fourth-order valence-electron chi connectivity index (χ4n) is 1.29. The van der Waals surface area contributed by atoms with Crippen molar-refractivity contribution < 1.29 is 9.90 Å². The van der Waals surface area contributed by atoms with Crippen LogP contribution in [0.25, 0.3) is 5.69 Å². The minimum absolute atomic E-state index is 0.551. The Morgan fingerprint density at radius 2 is 1.88 bits per heavy atom. The molecule has 1 aromatic carbocycles. The number of halogens is 1. The highest BCUT2D eigenvalue weighted by Gasteiger charge is 2.04. The van der Waals surface area contributed by atoms with Crippen LogP contribution in [0.5, 0.6) is 0 Å². The molecule has 0 spiro atoms. The second kappa shape index (κ2) is 4.39. The maximum Gasteiger partial charge on any atom is 0.209 e. The molecule has 0 aliphatic rings. The first kappa shape index (κ1) is 11.3. The second-order valence-corrected chi connectivity index (χ2v) is 3.67. The number of hydrogen-bond donors (Lipinski definition) is 0. The summed E-state index contributed by atoms with van der Waals surface area (Å²) in [5.74, 6) is -1.60. The molecule has 0 bridgehead atoms. The summed E-state index contributed by atoms with van der Waals surface area (Å²) in [6, 6.07) is 7.69. The van der Waals surface area contributed by atoms with Gasteiger partial charge in [0.2, 0.25) is 5.43 Å². The Morgan fingerprint density at radius 3 is 2.47 bits per heavy atom. The number of carboxylic acid groups (broad SMARTS) is 1. The van der Waals surface area contributed by atoms with Gasteiger partial charge in [-0.3, -0.25) is 4.79 Å². The normalized spacial score (nSPS) is 10.2. The van der Waals surface area contributed by atoms with Crippen LogP contribution >= 0.6 is 11.6 Å². The summed E-state index contributed by atoms with van der Waals surface area (Å²) in [5.41, 5.74) is -0.713. The number of carbonyl (C=O) groups is 1. The Hall–Kier alpha value is -2.14. The van der Waals surface area contributed by atoms with Crippen LogP contribution in [0.2, 0.25) is 5.02 Å². The first-order chi connectivity index (χ1) is 8.08. The van der Waals surface area contributed by atoms with Crippen molar-refractivity contribution in [3.63, 3.8) is 0 Å². The number of aromatic nitrogens is 2. The summed E-state index contributed by atoms with van der Waals surface area (Å²) in [6.07, 6.45) is 1.37. The molecule has 86 valence electrons. The Bertz CT molecular complexity index is 619. The fraction of sp³-hybridized carbons (Fsp3) is 0. The van der Waals surface area contributed by atoms with E-state index in [1.54, 1.807) is 24.3 Å². The smallest absolute Gasteiger partial charge is 0.209 e. The summed E-state index contributed by atoms with van der Waals surface area (Å²) in [6.45, 7) is 0. The molecule has 2 rings (SSSR count). The van der Waals surface area contributed by atoms with E-state index in [1.807, 2.05) is 0 Å². The van der Waals surface area contributed by atoms with Crippen molar-refractivity contribution in [2.24, 2.45) is 0 Å². The fourth-order valence-corrected chi connectivity index (χ4v) is 1.41. The minimum atomic E-state index is -1.60. The van der Waals surface area contributed by atoms with Gasteiger partial charge in [0.05, 0.1) is 11.7 Å². The molecule has 1 aromatic heterocycles. The van der Waals surface area contributed by atoms with Crippen molar-refractivity contribution in [3.05, 3.63) is 57.5 Å². The van der Waals surface area contributed by atoms with Gasteiger partial charge in [0, 0.05) is 17.3 Å². The largest absolute Gasteiger partial charge is 0.543 e. The van der Waals surface area contributed by atoms with E-state index in [2.05, 4.69) is 5.10 Å². The van der Waals surface area contributed by atoms with Crippen LogP contribution in [-0.4, -0.2) is 15.7 Å². The van der Waals surface area contributed by atoms with Gasteiger partial charge in [-0.05, 0) is 24.3 Å². The maximum atomic E-state index is 11.2. The van der Waals surface area contributed by atoms with E-state index in [9.17, 15) is 14.7 Å². The minimum Gasteiger partial charge on any atom is -0.543 e. The van der Waals surface area contributed by atoms with Gasteiger partial charge in [-0.1, -0.05) is 11.6 Å². The molecule has 0 saturated heterocycles. The van der Waals surface area contributed by atoms with E-state index in [0.29, 0.717) is 10.7 Å². The zero-order chi connectivity index (χ0) is 12.4. The topological polar surface area (TPSA) is 75.0 Å². The van der Waals surface area contributed by atoms with Gasteiger partial charge in [-0.15, -0.1) is 0 Å². The molecule has 1 heterocycles. The number of carboxylic acids is 1. The lowest BCUT2D eigenvalue weighted by Gasteiger charge is -2.07. The van der Waals surface area contributed by atoms with E-state index in [4.69, 9.17) is 11.6 Å². The second-order valence-electron chi connectivity index (χ2n) is 3.24. The lowest BCUT2D eigenvalue weighted by Crippen LogP contribution is -2.31. The van der Waals surface area contributed by atoms with Gasteiger partial charge < -0.3 is 9.90 Å². The molecule has 0 radical (unpaired) electrons. The lowest BCUT2D eigenvalue weighted by molar-refractivity contribution is -0.255. The molecule has 6 heteroatoms. The van der Waals surface area contributed by atoms with Gasteiger partial charge in [-0.2, -0.15) is 5.10 Å². The third-order valence-corrected chi connectivity index (χ3v) is 2.34. The third-order valence-electron chi connectivity index (χ3n) is 2.09. The predicted molar refractivity (Wildman–Crippen MR) is 59.2 cm³/mol. The quantitative estimate of drug-likeness (QED) is 0.765. The molecule has 0 aliphatic heterocycles. The van der Waals surface area contributed by atoms with Gasteiger partial charge in [-0.25, -0.2) is 4.68 Å². The van der Waals surface area contributed by atoms with Crippen molar-refractivity contribution in [1.29, 1.82) is 0 Å². The summed E-state index contributed by atoms with van der Waals surface area (Å²) < 4.78 is 1.27. The van der Waals surface area contributed by atoms with Gasteiger partial charge in [0.1, 0.15) is 0 Å². The van der Waals surface area contributed by atoms with Crippen LogP contribution in [0.1, 0.15) is 10.5 Å². The van der Waals surface area contributed by atoms with Crippen molar-refractivity contribution >= 4 is 17.6 Å². The van der Waals surface area contributed by atoms with Crippen molar-refractivity contribution in [3.8, 4) is 5.69 Å². The number of benzene rings is 1. The Balaban J connectivity index is 2.53. The van der Waals surface area contributed by atoms with E-state index < -0.39 is 17.1 Å². The lowest BCUT2D eigenvalue weighted by atomic mass is 10.3. The van der Waals surface area contributed by atoms with Crippen LogP contribution < -0.4 is 10.5 Å². The van der Waals surface area contributed by atoms with Crippen LogP contribution in [0.4, 0.5) is 0 Å². The van der Waals surface area contributed by atoms with Crippen molar-refractivity contribution in [2.45, 2.75) is 0 Å². The van der Waals surface area contributed by atoms with Crippen LogP contribution in [-0.2, 0) is 0 Å². The zero-order valence-electron chi connectivity index (χ0n) is 8.46. The molecule has 0 unspecified atom stereocenters. The molecule has 0 atom stereocenters. The Morgan fingerprint density at radius 1 is 1.24 bits per heavy atom. The average molecular weight is 250 g/mol. The molecular weight excluding hydrogens is 244 g/mol. The highest BCUT2D eigenvalue weighted by atomic mass is 35.5. The highest BCUT2D eigenvalue weighted by molar-refractivity contribution is 6.30. The number of rotatable bonds is 2. The SMILES string of the molecule is O=C([O-])c1nn(-c2ccc(Cl)cc2)ccc1=O. The Labute approximate surface area is 101 Å². The number of carbonyl (C=O) groups excluding carboxylic acids is 1. The highest BCUT2D eigenvalue weighted by Crippen LogP contribution is 2.11. The molecular formula is C11H6ClN2O3-. The molecule has 0 amide bonds. The summed E-state index contributed by atoms with van der Waals surface area (Å²) >= 11 is 5.72. The Kier molecular flexibility index (Phi) is 2.93. The van der Waals surface area contributed by atoms with Gasteiger partial charge >= 0.3 is 0 Å².